The number of anilines is 1. The van der Waals surface area contributed by atoms with Crippen LogP contribution in [0, 0.1) is 5.92 Å². The summed E-state index contributed by atoms with van der Waals surface area (Å²) in [5.74, 6) is 1.04. The van der Waals surface area contributed by atoms with Gasteiger partial charge in [-0.05, 0) is 19.3 Å². The van der Waals surface area contributed by atoms with Gasteiger partial charge in [-0.1, -0.05) is 13.8 Å². The van der Waals surface area contributed by atoms with Crippen molar-refractivity contribution in [2.75, 3.05) is 25.6 Å². The Morgan fingerprint density at radius 2 is 1.76 bits per heavy atom. The predicted molar refractivity (Wildman–Crippen MR) is 65.5 cm³/mol. The van der Waals surface area contributed by atoms with Gasteiger partial charge in [-0.2, -0.15) is 9.97 Å². The summed E-state index contributed by atoms with van der Waals surface area (Å²) in [5.41, 5.74) is 0. The zero-order valence-electron chi connectivity index (χ0n) is 10.9. The van der Waals surface area contributed by atoms with Crippen LogP contribution in [0.5, 0.6) is 12.0 Å². The minimum atomic E-state index is 0.284. The molecule has 0 saturated heterocycles. The highest BCUT2D eigenvalue weighted by molar-refractivity contribution is 5.26. The molecular formula is C11H20N4O2. The van der Waals surface area contributed by atoms with Crippen LogP contribution in [-0.4, -0.2) is 35.2 Å². The van der Waals surface area contributed by atoms with E-state index < -0.39 is 0 Å². The molecule has 0 unspecified atom stereocenters. The van der Waals surface area contributed by atoms with E-state index in [1.54, 1.807) is 7.05 Å². The van der Waals surface area contributed by atoms with Crippen LogP contribution in [0.2, 0.25) is 0 Å². The molecule has 6 nitrogen and oxygen atoms in total. The van der Waals surface area contributed by atoms with Gasteiger partial charge in [0, 0.05) is 7.05 Å². The van der Waals surface area contributed by atoms with Gasteiger partial charge in [0.1, 0.15) is 0 Å². The molecule has 0 aliphatic rings. The normalized spacial score (nSPS) is 10.4. The van der Waals surface area contributed by atoms with Gasteiger partial charge in [-0.15, -0.1) is 4.98 Å². The molecule has 0 radical (unpaired) electrons. The highest BCUT2D eigenvalue weighted by Gasteiger charge is 2.07. The summed E-state index contributed by atoms with van der Waals surface area (Å²) in [6.07, 6.45) is 0.963. The number of hydrogen-bond acceptors (Lipinski definition) is 6. The standard InChI is InChI=1S/C11H20N4O2/c1-5-16-10-13-9(12-4)14-11(15-10)17-7-6-8(2)3/h8H,5-7H2,1-4H3,(H,12,13,14,15). The number of hydrogen-bond donors (Lipinski definition) is 1. The fourth-order valence-corrected chi connectivity index (χ4v) is 1.09. The molecule has 0 aliphatic carbocycles. The van der Waals surface area contributed by atoms with Crippen LogP contribution in [0.3, 0.4) is 0 Å². The molecule has 0 spiro atoms. The van der Waals surface area contributed by atoms with Gasteiger partial charge >= 0.3 is 12.0 Å². The maximum absolute atomic E-state index is 5.46. The first kappa shape index (κ1) is 13.5. The van der Waals surface area contributed by atoms with E-state index in [1.807, 2.05) is 6.92 Å². The molecule has 1 N–H and O–H groups in total. The second-order valence-corrected chi connectivity index (χ2v) is 3.94. The summed E-state index contributed by atoms with van der Waals surface area (Å²) in [6, 6.07) is 0.583. The molecule has 1 aromatic heterocycles. The third kappa shape index (κ3) is 4.84. The Kier molecular flexibility index (Phi) is 5.45. The Hall–Kier alpha value is -1.59. The molecule has 0 fully saturated rings. The molecule has 0 bridgehead atoms. The number of rotatable bonds is 7. The molecule has 17 heavy (non-hydrogen) atoms. The van der Waals surface area contributed by atoms with E-state index in [0.717, 1.165) is 6.42 Å². The fraction of sp³-hybridized carbons (Fsp3) is 0.727. The zero-order valence-corrected chi connectivity index (χ0v) is 10.9. The van der Waals surface area contributed by atoms with Gasteiger partial charge in [-0.3, -0.25) is 0 Å². The first-order valence-electron chi connectivity index (χ1n) is 5.85. The van der Waals surface area contributed by atoms with Gasteiger partial charge < -0.3 is 14.8 Å². The predicted octanol–water partition coefficient (Wildman–Crippen LogP) is 1.74. The molecule has 1 heterocycles. The molecule has 1 aromatic rings. The molecule has 0 amide bonds. The van der Waals surface area contributed by atoms with E-state index in [-0.39, 0.29) is 6.01 Å². The Labute approximate surface area is 102 Å². The Bertz CT molecular complexity index is 344. The second kappa shape index (κ2) is 6.88. The van der Waals surface area contributed by atoms with Crippen LogP contribution in [-0.2, 0) is 0 Å². The highest BCUT2D eigenvalue weighted by atomic mass is 16.5. The van der Waals surface area contributed by atoms with E-state index in [1.165, 1.54) is 0 Å². The monoisotopic (exact) mass is 240 g/mol. The molecule has 0 atom stereocenters. The van der Waals surface area contributed by atoms with Crippen molar-refractivity contribution in [2.24, 2.45) is 5.92 Å². The third-order valence-electron chi connectivity index (χ3n) is 2.02. The van der Waals surface area contributed by atoms with Crippen LogP contribution < -0.4 is 14.8 Å². The summed E-state index contributed by atoms with van der Waals surface area (Å²) in [6.45, 7) is 7.26. The van der Waals surface area contributed by atoms with Crippen molar-refractivity contribution in [1.82, 2.24) is 15.0 Å². The maximum Gasteiger partial charge on any atom is 0.324 e. The molecule has 6 heteroatoms. The minimum Gasteiger partial charge on any atom is -0.464 e. The average Bonchev–Trinajstić information content (AvgIpc) is 2.28. The Balaban J connectivity index is 2.66. The van der Waals surface area contributed by atoms with Crippen molar-refractivity contribution in [3.05, 3.63) is 0 Å². The molecule has 1 rings (SSSR count). The molecule has 0 saturated carbocycles. The first-order chi connectivity index (χ1) is 8.15. The van der Waals surface area contributed by atoms with Crippen molar-refractivity contribution in [2.45, 2.75) is 27.2 Å². The van der Waals surface area contributed by atoms with E-state index in [0.29, 0.717) is 31.1 Å². The molecular weight excluding hydrogens is 220 g/mol. The summed E-state index contributed by atoms with van der Waals surface area (Å²) in [7, 11) is 1.74. The van der Waals surface area contributed by atoms with Crippen molar-refractivity contribution in [1.29, 1.82) is 0 Å². The van der Waals surface area contributed by atoms with Crippen LogP contribution >= 0.6 is 0 Å². The Morgan fingerprint density at radius 1 is 1.12 bits per heavy atom. The number of ether oxygens (including phenoxy) is 2. The van der Waals surface area contributed by atoms with E-state index in [2.05, 4.69) is 34.1 Å². The second-order valence-electron chi connectivity index (χ2n) is 3.94. The lowest BCUT2D eigenvalue weighted by atomic mass is 10.1. The van der Waals surface area contributed by atoms with E-state index in [4.69, 9.17) is 9.47 Å². The SMILES string of the molecule is CCOc1nc(NC)nc(OCCC(C)C)n1. The van der Waals surface area contributed by atoms with Gasteiger partial charge in [0.2, 0.25) is 5.95 Å². The lowest BCUT2D eigenvalue weighted by molar-refractivity contribution is 0.254. The third-order valence-corrected chi connectivity index (χ3v) is 2.02. The summed E-state index contributed by atoms with van der Waals surface area (Å²) >= 11 is 0. The lowest BCUT2D eigenvalue weighted by Crippen LogP contribution is -2.08. The zero-order chi connectivity index (χ0) is 12.7. The number of nitrogens with zero attached hydrogens (tertiary/aromatic N) is 3. The largest absolute Gasteiger partial charge is 0.464 e. The topological polar surface area (TPSA) is 69.2 Å². The average molecular weight is 240 g/mol. The fourth-order valence-electron chi connectivity index (χ4n) is 1.09. The smallest absolute Gasteiger partial charge is 0.324 e. The molecule has 0 aliphatic heterocycles. The van der Waals surface area contributed by atoms with Crippen molar-refractivity contribution in [3.8, 4) is 12.0 Å². The van der Waals surface area contributed by atoms with E-state index in [9.17, 15) is 0 Å². The van der Waals surface area contributed by atoms with Crippen LogP contribution in [0.1, 0.15) is 27.2 Å². The van der Waals surface area contributed by atoms with Gasteiger partial charge in [0.15, 0.2) is 0 Å². The quantitative estimate of drug-likeness (QED) is 0.782. The maximum atomic E-state index is 5.46. The first-order valence-corrected chi connectivity index (χ1v) is 5.85. The highest BCUT2D eigenvalue weighted by Crippen LogP contribution is 2.13. The summed E-state index contributed by atoms with van der Waals surface area (Å²) < 4.78 is 10.7. The van der Waals surface area contributed by atoms with Crippen LogP contribution in [0.15, 0.2) is 0 Å². The Morgan fingerprint density at radius 3 is 2.29 bits per heavy atom. The van der Waals surface area contributed by atoms with Gasteiger partial charge in [-0.25, -0.2) is 0 Å². The van der Waals surface area contributed by atoms with Crippen LogP contribution in [0.4, 0.5) is 5.95 Å². The van der Waals surface area contributed by atoms with E-state index >= 15 is 0 Å². The van der Waals surface area contributed by atoms with Crippen LogP contribution in [0.25, 0.3) is 0 Å². The molecule has 0 aromatic carbocycles. The molecule has 96 valence electrons. The van der Waals surface area contributed by atoms with Crippen molar-refractivity contribution >= 4 is 5.95 Å². The van der Waals surface area contributed by atoms with Gasteiger partial charge in [0.05, 0.1) is 13.2 Å². The summed E-state index contributed by atoms with van der Waals surface area (Å²) in [5, 5.41) is 2.84. The number of aromatic nitrogens is 3. The lowest BCUT2D eigenvalue weighted by Gasteiger charge is -2.08. The minimum absolute atomic E-state index is 0.284. The summed E-state index contributed by atoms with van der Waals surface area (Å²) in [4.78, 5) is 12.2. The van der Waals surface area contributed by atoms with Gasteiger partial charge in [0.25, 0.3) is 0 Å². The van der Waals surface area contributed by atoms with Crippen molar-refractivity contribution < 1.29 is 9.47 Å². The van der Waals surface area contributed by atoms with Crippen molar-refractivity contribution in [3.63, 3.8) is 0 Å². The number of nitrogens with one attached hydrogen (secondary N) is 1.